The molecule has 0 aliphatic rings. The molecular formula is C31H38ClN3O4S. The predicted octanol–water partition coefficient (Wildman–Crippen LogP) is 5.73. The summed E-state index contributed by atoms with van der Waals surface area (Å²) in [4.78, 5) is 28.8. The monoisotopic (exact) mass is 583 g/mol. The summed E-state index contributed by atoms with van der Waals surface area (Å²) >= 11 is 6.39. The lowest BCUT2D eigenvalue weighted by atomic mass is 10.1. The third kappa shape index (κ3) is 7.86. The maximum absolute atomic E-state index is 14.1. The van der Waals surface area contributed by atoms with Crippen molar-refractivity contribution < 1.29 is 18.0 Å². The van der Waals surface area contributed by atoms with Crippen LogP contribution in [-0.4, -0.2) is 44.3 Å². The summed E-state index contributed by atoms with van der Waals surface area (Å²) in [6.45, 7) is 9.64. The number of hydrogen-bond acceptors (Lipinski definition) is 4. The molecule has 1 atom stereocenters. The Kier molecular flexibility index (Phi) is 10.8. The number of hydrogen-bond donors (Lipinski definition) is 1. The quantitative estimate of drug-likeness (QED) is 0.295. The van der Waals surface area contributed by atoms with Gasteiger partial charge in [0.15, 0.2) is 0 Å². The summed E-state index contributed by atoms with van der Waals surface area (Å²) in [6, 6.07) is 19.9. The molecule has 0 aliphatic carbocycles. The smallest absolute Gasteiger partial charge is 0.264 e. The van der Waals surface area contributed by atoms with Gasteiger partial charge in [-0.1, -0.05) is 86.5 Å². The average Bonchev–Trinajstić information content (AvgIpc) is 2.92. The van der Waals surface area contributed by atoms with E-state index < -0.39 is 28.5 Å². The van der Waals surface area contributed by atoms with Gasteiger partial charge in [-0.25, -0.2) is 8.42 Å². The van der Waals surface area contributed by atoms with Crippen LogP contribution in [0.1, 0.15) is 43.9 Å². The largest absolute Gasteiger partial charge is 0.354 e. The van der Waals surface area contributed by atoms with E-state index in [1.807, 2.05) is 65.0 Å². The van der Waals surface area contributed by atoms with Crippen LogP contribution in [0.4, 0.5) is 5.69 Å². The number of carbonyl (C=O) groups excluding carboxylic acids is 2. The first-order valence-corrected chi connectivity index (χ1v) is 15.2. The van der Waals surface area contributed by atoms with Crippen molar-refractivity contribution in [2.75, 3.05) is 17.4 Å². The van der Waals surface area contributed by atoms with Gasteiger partial charge in [0.2, 0.25) is 11.8 Å². The van der Waals surface area contributed by atoms with Crippen molar-refractivity contribution in [1.29, 1.82) is 0 Å². The van der Waals surface area contributed by atoms with E-state index in [9.17, 15) is 18.0 Å². The predicted molar refractivity (Wildman–Crippen MR) is 161 cm³/mol. The molecule has 214 valence electrons. The van der Waals surface area contributed by atoms with Crippen molar-refractivity contribution in [3.05, 3.63) is 94.5 Å². The number of nitrogens with zero attached hydrogens (tertiary/aromatic N) is 2. The average molecular weight is 584 g/mol. The number of benzene rings is 3. The molecule has 0 radical (unpaired) electrons. The van der Waals surface area contributed by atoms with Crippen molar-refractivity contribution >= 4 is 39.1 Å². The highest BCUT2D eigenvalue weighted by atomic mass is 35.5. The summed E-state index contributed by atoms with van der Waals surface area (Å²) in [6.07, 6.45) is 0.365. The second-order valence-electron chi connectivity index (χ2n) is 10.3. The number of halogens is 1. The van der Waals surface area contributed by atoms with E-state index in [1.165, 1.54) is 17.0 Å². The van der Waals surface area contributed by atoms with Crippen LogP contribution in [0, 0.1) is 19.8 Å². The fourth-order valence-electron chi connectivity index (χ4n) is 4.23. The van der Waals surface area contributed by atoms with E-state index in [4.69, 9.17) is 11.6 Å². The van der Waals surface area contributed by atoms with Crippen LogP contribution in [-0.2, 0) is 26.2 Å². The SMILES string of the molecule is CC[C@@H](C(=O)NCC(C)C)N(Cc1ccccc1)C(=O)CN(c1ccc(C)c(Cl)c1)S(=O)(=O)c1ccc(C)cc1. The molecule has 0 bridgehead atoms. The summed E-state index contributed by atoms with van der Waals surface area (Å²) < 4.78 is 29.0. The molecule has 7 nitrogen and oxygen atoms in total. The molecular weight excluding hydrogens is 546 g/mol. The maximum Gasteiger partial charge on any atom is 0.264 e. The Morgan fingerprint density at radius 2 is 1.60 bits per heavy atom. The second kappa shape index (κ2) is 13.8. The van der Waals surface area contributed by atoms with Crippen molar-refractivity contribution in [2.24, 2.45) is 5.92 Å². The molecule has 9 heteroatoms. The molecule has 0 saturated carbocycles. The van der Waals surface area contributed by atoms with Crippen molar-refractivity contribution in [3.8, 4) is 0 Å². The van der Waals surface area contributed by atoms with E-state index >= 15 is 0 Å². The van der Waals surface area contributed by atoms with Crippen molar-refractivity contribution in [3.63, 3.8) is 0 Å². The minimum Gasteiger partial charge on any atom is -0.354 e. The minimum absolute atomic E-state index is 0.0546. The van der Waals surface area contributed by atoms with E-state index in [0.29, 0.717) is 18.0 Å². The Balaban J connectivity index is 2.05. The number of sulfonamides is 1. The van der Waals surface area contributed by atoms with Crippen LogP contribution in [0.15, 0.2) is 77.7 Å². The molecule has 0 fully saturated rings. The Hall–Kier alpha value is -3.36. The van der Waals surface area contributed by atoms with Gasteiger partial charge in [0, 0.05) is 18.1 Å². The van der Waals surface area contributed by atoms with Gasteiger partial charge in [0.25, 0.3) is 10.0 Å². The fourth-order valence-corrected chi connectivity index (χ4v) is 5.81. The Morgan fingerprint density at radius 3 is 2.17 bits per heavy atom. The number of nitrogens with one attached hydrogen (secondary N) is 1. The van der Waals surface area contributed by atoms with Crippen molar-refractivity contribution in [2.45, 2.75) is 58.5 Å². The molecule has 2 amide bonds. The second-order valence-corrected chi connectivity index (χ2v) is 12.6. The molecule has 1 N–H and O–H groups in total. The lowest BCUT2D eigenvalue weighted by molar-refractivity contribution is -0.140. The third-order valence-corrected chi connectivity index (χ3v) is 8.79. The van der Waals surface area contributed by atoms with Crippen LogP contribution >= 0.6 is 11.6 Å². The maximum atomic E-state index is 14.1. The molecule has 0 spiro atoms. The lowest BCUT2D eigenvalue weighted by Crippen LogP contribution is -2.52. The highest BCUT2D eigenvalue weighted by molar-refractivity contribution is 7.92. The van der Waals surface area contributed by atoms with Crippen LogP contribution in [0.25, 0.3) is 0 Å². The summed E-state index contributed by atoms with van der Waals surface area (Å²) in [5, 5.41) is 3.32. The Morgan fingerprint density at radius 1 is 0.950 bits per heavy atom. The van der Waals surface area contributed by atoms with E-state index in [2.05, 4.69) is 5.32 Å². The molecule has 40 heavy (non-hydrogen) atoms. The van der Waals surface area contributed by atoms with Gasteiger partial charge in [-0.2, -0.15) is 0 Å². The zero-order valence-electron chi connectivity index (χ0n) is 23.7. The number of carbonyl (C=O) groups is 2. The van der Waals surface area contributed by atoms with E-state index in [0.717, 1.165) is 21.0 Å². The zero-order valence-corrected chi connectivity index (χ0v) is 25.3. The van der Waals surface area contributed by atoms with Crippen LogP contribution in [0.5, 0.6) is 0 Å². The fraction of sp³-hybridized carbons (Fsp3) is 0.355. The Labute approximate surface area is 243 Å². The molecule has 0 aromatic heterocycles. The first-order valence-electron chi connectivity index (χ1n) is 13.4. The summed E-state index contributed by atoms with van der Waals surface area (Å²) in [5.74, 6) is -0.532. The lowest BCUT2D eigenvalue weighted by Gasteiger charge is -2.33. The van der Waals surface area contributed by atoms with Gasteiger partial charge in [-0.05, 0) is 61.6 Å². The molecule has 3 aromatic rings. The van der Waals surface area contributed by atoms with Gasteiger partial charge in [0.05, 0.1) is 10.6 Å². The number of aryl methyl sites for hydroxylation is 2. The standard InChI is InChI=1S/C31H38ClN3O4S/c1-6-29(31(37)33-19-22(2)3)34(20-25-10-8-7-9-11-25)30(36)21-35(26-15-14-24(5)28(32)18-26)40(38,39)27-16-12-23(4)13-17-27/h7-18,22,29H,6,19-21H2,1-5H3,(H,33,37)/t29-/m0/s1. The number of rotatable bonds is 12. The normalized spacial score (nSPS) is 12.2. The van der Waals surface area contributed by atoms with Crippen molar-refractivity contribution in [1.82, 2.24) is 10.2 Å². The molecule has 0 unspecified atom stereocenters. The van der Waals surface area contributed by atoms with Gasteiger partial charge >= 0.3 is 0 Å². The summed E-state index contributed by atoms with van der Waals surface area (Å²) in [7, 11) is -4.15. The van der Waals surface area contributed by atoms with Crippen LogP contribution in [0.3, 0.4) is 0 Å². The van der Waals surface area contributed by atoms with Gasteiger partial charge in [0.1, 0.15) is 12.6 Å². The first kappa shape index (κ1) is 31.2. The molecule has 0 aliphatic heterocycles. The van der Waals surface area contributed by atoms with Gasteiger partial charge in [-0.3, -0.25) is 13.9 Å². The van der Waals surface area contributed by atoms with E-state index in [1.54, 1.807) is 30.3 Å². The highest BCUT2D eigenvalue weighted by Gasteiger charge is 2.33. The summed E-state index contributed by atoms with van der Waals surface area (Å²) in [5.41, 5.74) is 2.79. The van der Waals surface area contributed by atoms with Gasteiger partial charge in [-0.15, -0.1) is 0 Å². The Bertz CT molecular complexity index is 1410. The van der Waals surface area contributed by atoms with Crippen LogP contribution < -0.4 is 9.62 Å². The first-order chi connectivity index (χ1) is 18.9. The molecule has 3 aromatic carbocycles. The number of anilines is 1. The zero-order chi connectivity index (χ0) is 29.4. The van der Waals surface area contributed by atoms with E-state index in [-0.39, 0.29) is 29.0 Å². The third-order valence-electron chi connectivity index (χ3n) is 6.60. The molecule has 3 rings (SSSR count). The van der Waals surface area contributed by atoms with Gasteiger partial charge < -0.3 is 10.2 Å². The highest BCUT2D eigenvalue weighted by Crippen LogP contribution is 2.29. The van der Waals surface area contributed by atoms with Crippen LogP contribution in [0.2, 0.25) is 5.02 Å². The minimum atomic E-state index is -4.15. The topological polar surface area (TPSA) is 86.8 Å². The molecule has 0 heterocycles. The number of amides is 2. The molecule has 0 saturated heterocycles.